The van der Waals surface area contributed by atoms with Crippen LogP contribution in [-0.4, -0.2) is 22.6 Å². The van der Waals surface area contributed by atoms with Gasteiger partial charge in [-0.2, -0.15) is 0 Å². The lowest BCUT2D eigenvalue weighted by molar-refractivity contribution is 0.790. The Morgan fingerprint density at radius 1 is 1.15 bits per heavy atom. The number of fused-ring (bicyclic) bond motifs is 1. The van der Waals surface area contributed by atoms with Gasteiger partial charge in [0.15, 0.2) is 0 Å². The molecule has 0 saturated heterocycles. The van der Waals surface area contributed by atoms with Crippen molar-refractivity contribution < 1.29 is 0 Å². The highest BCUT2D eigenvalue weighted by Crippen LogP contribution is 2.27. The maximum absolute atomic E-state index is 5.57. The molecule has 0 saturated carbocycles. The second-order valence-corrected chi connectivity index (χ2v) is 5.41. The van der Waals surface area contributed by atoms with E-state index < -0.39 is 0 Å². The van der Waals surface area contributed by atoms with Gasteiger partial charge in [-0.15, -0.1) is 0 Å². The van der Waals surface area contributed by atoms with Crippen LogP contribution in [0.15, 0.2) is 30.6 Å². The molecule has 1 aliphatic rings. The van der Waals surface area contributed by atoms with Gasteiger partial charge in [0.05, 0.1) is 0 Å². The normalized spacial score (nSPS) is 14.9. The molecule has 0 aliphatic heterocycles. The summed E-state index contributed by atoms with van der Waals surface area (Å²) in [6.45, 7) is 2.58. The summed E-state index contributed by atoms with van der Waals surface area (Å²) < 4.78 is 0. The third-order valence-corrected chi connectivity index (χ3v) is 3.81. The smallest absolute Gasteiger partial charge is 0.222 e. The largest absolute Gasteiger partial charge is 0.351 e. The molecule has 1 atom stereocenters. The van der Waals surface area contributed by atoms with Crippen molar-refractivity contribution >= 4 is 5.95 Å². The number of hydrogen-bond acceptors (Lipinski definition) is 4. The molecule has 0 fully saturated rings. The molecule has 1 aromatic heterocycles. The first kappa shape index (κ1) is 13.1. The summed E-state index contributed by atoms with van der Waals surface area (Å²) in [4.78, 5) is 8.72. The zero-order valence-corrected chi connectivity index (χ0v) is 11.8. The fourth-order valence-corrected chi connectivity index (χ4v) is 2.58. The van der Waals surface area contributed by atoms with Gasteiger partial charge in [-0.25, -0.2) is 9.97 Å². The van der Waals surface area contributed by atoms with Crippen molar-refractivity contribution in [1.82, 2.24) is 9.97 Å². The Morgan fingerprint density at radius 2 is 1.90 bits per heavy atom. The number of anilines is 1. The van der Waals surface area contributed by atoms with E-state index in [-0.39, 0.29) is 6.04 Å². The Balaban J connectivity index is 1.80. The van der Waals surface area contributed by atoms with Crippen LogP contribution in [0.1, 0.15) is 24.5 Å². The monoisotopic (exact) mass is 268 g/mol. The Hall–Kier alpha value is -1.94. The van der Waals surface area contributed by atoms with Crippen molar-refractivity contribution in [2.75, 3.05) is 11.9 Å². The third-order valence-electron chi connectivity index (χ3n) is 3.81. The first-order valence-corrected chi connectivity index (χ1v) is 7.17. The fraction of sp³-hybridized carbons (Fsp3) is 0.375. The Kier molecular flexibility index (Phi) is 3.65. The molecular weight excluding hydrogens is 248 g/mol. The van der Waals surface area contributed by atoms with E-state index in [0.29, 0.717) is 12.5 Å². The lowest BCUT2D eigenvalue weighted by atomic mass is 10.0. The molecule has 20 heavy (non-hydrogen) atoms. The van der Waals surface area contributed by atoms with Crippen LogP contribution in [0.25, 0.3) is 11.1 Å². The molecule has 2 aromatic rings. The average molecular weight is 268 g/mol. The minimum Gasteiger partial charge on any atom is -0.351 e. The van der Waals surface area contributed by atoms with Crippen molar-refractivity contribution in [3.63, 3.8) is 0 Å². The SMILES string of the molecule is CC(CN)Nc1ncc(-c2ccc3c(c2)CCC3)cn1. The second kappa shape index (κ2) is 5.59. The fourth-order valence-electron chi connectivity index (χ4n) is 2.58. The van der Waals surface area contributed by atoms with Crippen molar-refractivity contribution in [1.29, 1.82) is 0 Å². The highest BCUT2D eigenvalue weighted by molar-refractivity contribution is 5.64. The molecule has 4 heteroatoms. The number of nitrogens with zero attached hydrogens (tertiary/aromatic N) is 2. The summed E-state index contributed by atoms with van der Waals surface area (Å²) in [5, 5.41) is 3.16. The van der Waals surface area contributed by atoms with E-state index in [0.717, 1.165) is 5.56 Å². The van der Waals surface area contributed by atoms with Crippen LogP contribution in [0, 0.1) is 0 Å². The van der Waals surface area contributed by atoms with Crippen LogP contribution in [0.5, 0.6) is 0 Å². The van der Waals surface area contributed by atoms with Crippen LogP contribution in [0.3, 0.4) is 0 Å². The summed E-state index contributed by atoms with van der Waals surface area (Å²) in [6.07, 6.45) is 7.42. The lowest BCUT2D eigenvalue weighted by Crippen LogP contribution is -2.26. The molecule has 0 bridgehead atoms. The van der Waals surface area contributed by atoms with Crippen LogP contribution < -0.4 is 11.1 Å². The minimum absolute atomic E-state index is 0.181. The zero-order chi connectivity index (χ0) is 13.9. The van der Waals surface area contributed by atoms with Crippen LogP contribution in [0.4, 0.5) is 5.95 Å². The number of hydrogen-bond donors (Lipinski definition) is 2. The van der Waals surface area contributed by atoms with Crippen molar-refractivity contribution in [2.45, 2.75) is 32.2 Å². The minimum atomic E-state index is 0.181. The molecule has 0 radical (unpaired) electrons. The number of rotatable bonds is 4. The molecule has 1 aromatic carbocycles. The molecule has 3 N–H and O–H groups in total. The number of nitrogens with one attached hydrogen (secondary N) is 1. The maximum Gasteiger partial charge on any atom is 0.222 e. The highest BCUT2D eigenvalue weighted by atomic mass is 15.1. The van der Waals surface area contributed by atoms with E-state index in [9.17, 15) is 0 Å². The summed E-state index contributed by atoms with van der Waals surface area (Å²) in [5.41, 5.74) is 10.8. The van der Waals surface area contributed by atoms with Gasteiger partial charge in [0.1, 0.15) is 0 Å². The van der Waals surface area contributed by atoms with Gasteiger partial charge < -0.3 is 11.1 Å². The number of aryl methyl sites for hydroxylation is 2. The molecule has 104 valence electrons. The topological polar surface area (TPSA) is 63.8 Å². The number of aromatic nitrogens is 2. The Morgan fingerprint density at radius 3 is 2.65 bits per heavy atom. The van der Waals surface area contributed by atoms with Gasteiger partial charge in [-0.1, -0.05) is 18.2 Å². The van der Waals surface area contributed by atoms with Crippen LogP contribution in [0.2, 0.25) is 0 Å². The van der Waals surface area contributed by atoms with Gasteiger partial charge >= 0.3 is 0 Å². The molecule has 3 rings (SSSR count). The van der Waals surface area contributed by atoms with E-state index in [1.165, 1.54) is 36.0 Å². The molecule has 0 amide bonds. The summed E-state index contributed by atoms with van der Waals surface area (Å²) in [5.74, 6) is 0.632. The molecule has 1 unspecified atom stereocenters. The predicted octanol–water partition coefficient (Wildman–Crippen LogP) is 2.39. The van der Waals surface area contributed by atoms with E-state index in [2.05, 4.69) is 33.5 Å². The molecular formula is C16H20N4. The third kappa shape index (κ3) is 2.65. The maximum atomic E-state index is 5.57. The molecule has 4 nitrogen and oxygen atoms in total. The highest BCUT2D eigenvalue weighted by Gasteiger charge is 2.11. The average Bonchev–Trinajstić information content (AvgIpc) is 2.95. The summed E-state index contributed by atoms with van der Waals surface area (Å²) in [7, 11) is 0. The first-order valence-electron chi connectivity index (χ1n) is 7.17. The van der Waals surface area contributed by atoms with Gasteiger partial charge in [-0.3, -0.25) is 0 Å². The molecule has 1 heterocycles. The predicted molar refractivity (Wildman–Crippen MR) is 81.6 cm³/mol. The number of benzene rings is 1. The van der Waals surface area contributed by atoms with Gasteiger partial charge in [-0.05, 0) is 42.9 Å². The van der Waals surface area contributed by atoms with Crippen molar-refractivity contribution in [3.8, 4) is 11.1 Å². The standard InChI is InChI=1S/C16H20N4/c1-11(8-17)20-16-18-9-15(10-19-16)14-6-5-12-3-2-4-13(12)7-14/h5-7,9-11H,2-4,8,17H2,1H3,(H,18,19,20). The van der Waals surface area contributed by atoms with E-state index in [1.807, 2.05) is 19.3 Å². The van der Waals surface area contributed by atoms with E-state index >= 15 is 0 Å². The molecule has 0 spiro atoms. The van der Waals surface area contributed by atoms with Gasteiger partial charge in [0.2, 0.25) is 5.95 Å². The van der Waals surface area contributed by atoms with E-state index in [1.54, 1.807) is 0 Å². The Labute approximate surface area is 119 Å². The zero-order valence-electron chi connectivity index (χ0n) is 11.8. The van der Waals surface area contributed by atoms with Crippen molar-refractivity contribution in [2.24, 2.45) is 5.73 Å². The summed E-state index contributed by atoms with van der Waals surface area (Å²) in [6, 6.07) is 6.86. The van der Waals surface area contributed by atoms with E-state index in [4.69, 9.17) is 5.73 Å². The van der Waals surface area contributed by atoms with Crippen LogP contribution in [-0.2, 0) is 12.8 Å². The van der Waals surface area contributed by atoms with Crippen molar-refractivity contribution in [3.05, 3.63) is 41.7 Å². The quantitative estimate of drug-likeness (QED) is 0.893. The Bertz CT molecular complexity index is 592. The number of nitrogens with two attached hydrogens (primary N) is 1. The first-order chi connectivity index (χ1) is 9.76. The van der Waals surface area contributed by atoms with Gasteiger partial charge in [0, 0.05) is 30.5 Å². The lowest BCUT2D eigenvalue weighted by Gasteiger charge is -2.11. The van der Waals surface area contributed by atoms with Gasteiger partial charge in [0.25, 0.3) is 0 Å². The van der Waals surface area contributed by atoms with Crippen LogP contribution >= 0.6 is 0 Å². The second-order valence-electron chi connectivity index (χ2n) is 5.41. The summed E-state index contributed by atoms with van der Waals surface area (Å²) >= 11 is 0. The molecule has 1 aliphatic carbocycles.